The largest absolute Gasteiger partial charge is 0.478 e. The molecule has 2 heterocycles. The number of nitrogens with one attached hydrogen (secondary N) is 1. The number of aryl methyl sites for hydroxylation is 1. The van der Waals surface area contributed by atoms with Crippen LogP contribution in [0.4, 0.5) is 0 Å². The highest BCUT2D eigenvalue weighted by molar-refractivity contribution is 5.91. The van der Waals surface area contributed by atoms with Crippen LogP contribution in [0.2, 0.25) is 0 Å². The van der Waals surface area contributed by atoms with Gasteiger partial charge in [0.25, 0.3) is 0 Å². The predicted octanol–water partition coefficient (Wildman–Crippen LogP) is 5.64. The van der Waals surface area contributed by atoms with Gasteiger partial charge in [0.1, 0.15) is 5.82 Å². The van der Waals surface area contributed by atoms with Crippen LogP contribution in [0.1, 0.15) is 57.1 Å². The Bertz CT molecular complexity index is 1320. The van der Waals surface area contributed by atoms with Crippen molar-refractivity contribution in [3.05, 3.63) is 77.4 Å². The van der Waals surface area contributed by atoms with Gasteiger partial charge in [-0.2, -0.15) is 5.21 Å². The van der Waals surface area contributed by atoms with Crippen molar-refractivity contribution in [2.24, 2.45) is 5.92 Å². The molecule has 0 amide bonds. The van der Waals surface area contributed by atoms with Crippen molar-refractivity contribution in [3.63, 3.8) is 0 Å². The maximum atomic E-state index is 11.9. The Balaban J connectivity index is 1.65. The van der Waals surface area contributed by atoms with Crippen molar-refractivity contribution in [2.75, 3.05) is 0 Å². The lowest BCUT2D eigenvalue weighted by Gasteiger charge is -2.13. The summed E-state index contributed by atoms with van der Waals surface area (Å²) in [6.45, 7) is 6.83. The fraction of sp³-hybridized carbons (Fsp3) is 0.321. The first-order chi connectivity index (χ1) is 17.5. The smallest absolute Gasteiger partial charge is 0.331 e. The van der Waals surface area contributed by atoms with E-state index in [1.54, 1.807) is 12.3 Å². The molecule has 0 bridgehead atoms. The van der Waals surface area contributed by atoms with E-state index in [-0.39, 0.29) is 5.92 Å². The number of carboxylic acids is 1. The summed E-state index contributed by atoms with van der Waals surface area (Å²) in [6.07, 6.45) is 7.04. The molecular formula is C28H32N6O2. The topological polar surface area (TPSA) is 110 Å². The maximum absolute atomic E-state index is 11.9. The third-order valence-electron chi connectivity index (χ3n) is 6.07. The second-order valence-corrected chi connectivity index (χ2v) is 9.34. The number of hydrogen-bond acceptors (Lipinski definition) is 5. The molecule has 2 aromatic carbocycles. The number of aromatic amines is 1. The van der Waals surface area contributed by atoms with Gasteiger partial charge in [-0.1, -0.05) is 75.7 Å². The van der Waals surface area contributed by atoms with Crippen LogP contribution in [0.3, 0.4) is 0 Å². The van der Waals surface area contributed by atoms with Crippen molar-refractivity contribution < 1.29 is 9.90 Å². The number of benzene rings is 2. The molecule has 36 heavy (non-hydrogen) atoms. The van der Waals surface area contributed by atoms with Gasteiger partial charge >= 0.3 is 5.97 Å². The molecule has 4 aromatic rings. The third-order valence-corrected chi connectivity index (χ3v) is 6.07. The fourth-order valence-corrected chi connectivity index (χ4v) is 4.27. The van der Waals surface area contributed by atoms with E-state index in [1.807, 2.05) is 38.1 Å². The molecule has 0 fully saturated rings. The van der Waals surface area contributed by atoms with E-state index in [9.17, 15) is 9.90 Å². The van der Waals surface area contributed by atoms with Crippen molar-refractivity contribution in [1.82, 2.24) is 30.2 Å². The number of nitrogens with zero attached hydrogens (tertiary/aromatic N) is 5. The van der Waals surface area contributed by atoms with Crippen molar-refractivity contribution >= 4 is 12.0 Å². The lowest BCUT2D eigenvalue weighted by Crippen LogP contribution is -2.09. The summed E-state index contributed by atoms with van der Waals surface area (Å²) in [5.74, 6) is 0.909. The summed E-state index contributed by atoms with van der Waals surface area (Å²) in [4.78, 5) is 16.5. The van der Waals surface area contributed by atoms with Gasteiger partial charge in [0.05, 0.1) is 11.9 Å². The van der Waals surface area contributed by atoms with Gasteiger partial charge < -0.3 is 9.67 Å². The molecule has 0 aliphatic heterocycles. The average Bonchev–Trinajstić information content (AvgIpc) is 3.53. The van der Waals surface area contributed by atoms with Crippen molar-refractivity contribution in [3.8, 4) is 22.5 Å². The number of hydrogen-bond donors (Lipinski definition) is 2. The molecule has 2 N–H and O–H groups in total. The molecular weight excluding hydrogens is 452 g/mol. The molecule has 0 spiro atoms. The average molecular weight is 485 g/mol. The zero-order chi connectivity index (χ0) is 25.5. The van der Waals surface area contributed by atoms with Crippen LogP contribution in [0.25, 0.3) is 28.6 Å². The molecule has 0 atom stereocenters. The highest BCUT2D eigenvalue weighted by Gasteiger charge is 2.15. The zero-order valence-electron chi connectivity index (χ0n) is 21.0. The molecule has 0 aliphatic carbocycles. The lowest BCUT2D eigenvalue weighted by atomic mass is 9.98. The molecule has 8 heteroatoms. The number of rotatable bonds is 11. The van der Waals surface area contributed by atoms with Crippen LogP contribution in [-0.4, -0.2) is 41.3 Å². The molecule has 0 unspecified atom stereocenters. The number of aliphatic carboxylic acids is 1. The van der Waals surface area contributed by atoms with E-state index >= 15 is 0 Å². The first-order valence-electron chi connectivity index (χ1n) is 12.4. The van der Waals surface area contributed by atoms with E-state index in [0.717, 1.165) is 53.0 Å². The Morgan fingerprint density at radius 2 is 1.86 bits per heavy atom. The number of aromatic nitrogens is 6. The third kappa shape index (κ3) is 5.94. The molecule has 186 valence electrons. The zero-order valence-corrected chi connectivity index (χ0v) is 21.0. The van der Waals surface area contributed by atoms with Gasteiger partial charge in [0, 0.05) is 24.1 Å². The van der Waals surface area contributed by atoms with E-state index in [0.29, 0.717) is 24.4 Å². The molecule has 0 saturated heterocycles. The first kappa shape index (κ1) is 25.0. The number of H-pyrrole nitrogens is 1. The highest BCUT2D eigenvalue weighted by Crippen LogP contribution is 2.30. The van der Waals surface area contributed by atoms with Crippen LogP contribution < -0.4 is 0 Å². The van der Waals surface area contributed by atoms with Crippen molar-refractivity contribution in [2.45, 2.75) is 53.0 Å². The summed E-state index contributed by atoms with van der Waals surface area (Å²) in [7, 11) is 0. The highest BCUT2D eigenvalue weighted by atomic mass is 16.4. The minimum atomic E-state index is -0.879. The van der Waals surface area contributed by atoms with Crippen LogP contribution in [0, 0.1) is 5.92 Å². The van der Waals surface area contributed by atoms with Crippen LogP contribution in [0.15, 0.2) is 60.3 Å². The maximum Gasteiger partial charge on any atom is 0.331 e. The predicted molar refractivity (Wildman–Crippen MR) is 140 cm³/mol. The number of imidazole rings is 1. The summed E-state index contributed by atoms with van der Waals surface area (Å²) >= 11 is 0. The summed E-state index contributed by atoms with van der Waals surface area (Å²) < 4.78 is 2.14. The SMILES string of the molecule is CCCCc1ncc(C=C(CC(C)C)C(=O)O)n1Cc1ccc(-c2ccccc2-c2nn[nH]n2)cc1. The summed E-state index contributed by atoms with van der Waals surface area (Å²) in [6, 6.07) is 16.4. The van der Waals surface area contributed by atoms with E-state index in [4.69, 9.17) is 0 Å². The second-order valence-electron chi connectivity index (χ2n) is 9.34. The summed E-state index contributed by atoms with van der Waals surface area (Å²) in [5, 5.41) is 24.2. The van der Waals surface area contributed by atoms with Gasteiger partial charge in [0.15, 0.2) is 0 Å². The first-order valence-corrected chi connectivity index (χ1v) is 12.4. The molecule has 0 saturated carbocycles. The Kier molecular flexibility index (Phi) is 8.05. The Hall–Kier alpha value is -4.07. The Labute approximate surface area is 211 Å². The monoisotopic (exact) mass is 484 g/mol. The number of carbonyl (C=O) groups is 1. The number of tetrazole rings is 1. The van der Waals surface area contributed by atoms with Crippen LogP contribution in [-0.2, 0) is 17.8 Å². The molecule has 0 radical (unpaired) electrons. The minimum absolute atomic E-state index is 0.256. The van der Waals surface area contributed by atoms with Gasteiger partial charge in [0.2, 0.25) is 5.82 Å². The van der Waals surface area contributed by atoms with Gasteiger partial charge in [-0.15, -0.1) is 10.2 Å². The van der Waals surface area contributed by atoms with Crippen LogP contribution >= 0.6 is 0 Å². The molecule has 0 aliphatic rings. The Morgan fingerprint density at radius 1 is 1.11 bits per heavy atom. The van der Waals surface area contributed by atoms with Gasteiger partial charge in [-0.05, 0) is 46.7 Å². The van der Waals surface area contributed by atoms with E-state index in [2.05, 4.69) is 61.4 Å². The minimum Gasteiger partial charge on any atom is -0.478 e. The lowest BCUT2D eigenvalue weighted by molar-refractivity contribution is -0.132. The number of carboxylic acid groups (broad SMARTS) is 1. The Morgan fingerprint density at radius 3 is 2.50 bits per heavy atom. The number of unbranched alkanes of at least 4 members (excludes halogenated alkanes) is 1. The summed E-state index contributed by atoms with van der Waals surface area (Å²) in [5.41, 5.74) is 5.34. The second kappa shape index (κ2) is 11.6. The molecule has 4 rings (SSSR count). The van der Waals surface area contributed by atoms with Crippen LogP contribution in [0.5, 0.6) is 0 Å². The standard InChI is InChI=1S/C28H32N6O2/c1-4-5-10-26-29-17-23(16-22(28(35)36)15-19(2)3)34(26)18-20-11-13-21(14-12-20)24-8-6-7-9-25(24)27-30-32-33-31-27/h6-9,11-14,16-17,19H,4-5,10,15,18H2,1-3H3,(H,35,36)(H,30,31,32,33). The molecule has 2 aromatic heterocycles. The van der Waals surface area contributed by atoms with E-state index in [1.165, 1.54) is 0 Å². The van der Waals surface area contributed by atoms with Gasteiger partial charge in [-0.25, -0.2) is 9.78 Å². The van der Waals surface area contributed by atoms with E-state index < -0.39 is 5.97 Å². The van der Waals surface area contributed by atoms with Crippen molar-refractivity contribution in [1.29, 1.82) is 0 Å². The normalized spacial score (nSPS) is 11.8. The van der Waals surface area contributed by atoms with Gasteiger partial charge in [-0.3, -0.25) is 0 Å². The fourth-order valence-electron chi connectivity index (χ4n) is 4.27. The molecule has 8 nitrogen and oxygen atoms in total. The quantitative estimate of drug-likeness (QED) is 0.267.